The van der Waals surface area contributed by atoms with Crippen LogP contribution in [-0.2, 0) is 10.0 Å². The number of rotatable bonds is 3. The Hall–Kier alpha value is -0.560. The van der Waals surface area contributed by atoms with E-state index in [4.69, 9.17) is 22.4 Å². The Bertz CT molecular complexity index is 426. The van der Waals surface area contributed by atoms with Crippen LogP contribution in [0.1, 0.15) is 11.6 Å². The molecule has 1 rings (SSSR count). The molecule has 0 fully saturated rings. The third-order valence-electron chi connectivity index (χ3n) is 1.74. The number of halogens is 1. The van der Waals surface area contributed by atoms with E-state index in [0.717, 1.165) is 10.2 Å². The summed E-state index contributed by atoms with van der Waals surface area (Å²) in [7, 11) is -3.41. The number of hydrogen-bond donors (Lipinski definition) is 2. The van der Waals surface area contributed by atoms with Gasteiger partial charge in [-0.25, -0.2) is 12.4 Å². The van der Waals surface area contributed by atoms with Crippen LogP contribution < -0.4 is 5.73 Å². The molecule has 0 aliphatic carbocycles. The molecule has 5 nitrogen and oxygen atoms in total. The first kappa shape index (κ1) is 11.5. The molecular weight excluding hydrogens is 228 g/mol. The van der Waals surface area contributed by atoms with E-state index in [1.54, 1.807) is 0 Å². The van der Waals surface area contributed by atoms with Crippen molar-refractivity contribution in [3.05, 3.63) is 23.0 Å². The van der Waals surface area contributed by atoms with Gasteiger partial charge >= 0.3 is 0 Å². The number of aromatic nitrogens is 1. The highest BCUT2D eigenvalue weighted by Crippen LogP contribution is 2.20. The van der Waals surface area contributed by atoms with E-state index in [9.17, 15) is 8.42 Å². The van der Waals surface area contributed by atoms with Gasteiger partial charge in [0.1, 0.15) is 5.15 Å². The molecule has 0 saturated carbocycles. The third-order valence-corrected chi connectivity index (χ3v) is 3.15. The van der Waals surface area contributed by atoms with E-state index < -0.39 is 16.1 Å². The summed E-state index contributed by atoms with van der Waals surface area (Å²) in [5.74, 6) is 0. The van der Waals surface area contributed by atoms with Crippen LogP contribution in [0.2, 0.25) is 5.15 Å². The second kappa shape index (κ2) is 3.90. The Kier molecular flexibility index (Phi) is 3.20. The Morgan fingerprint density at radius 2 is 2.29 bits per heavy atom. The van der Waals surface area contributed by atoms with Crippen molar-refractivity contribution >= 4 is 21.6 Å². The van der Waals surface area contributed by atoms with Gasteiger partial charge < -0.3 is 10.8 Å². The predicted octanol–water partition coefficient (Wildman–Crippen LogP) is -0.0587. The predicted molar refractivity (Wildman–Crippen MR) is 53.7 cm³/mol. The van der Waals surface area contributed by atoms with Crippen LogP contribution in [0.4, 0.5) is 0 Å². The zero-order chi connectivity index (χ0) is 10.9. The van der Waals surface area contributed by atoms with Crippen LogP contribution in [0, 0.1) is 0 Å². The lowest BCUT2D eigenvalue weighted by molar-refractivity contribution is 0.268. The van der Waals surface area contributed by atoms with Crippen molar-refractivity contribution in [3.63, 3.8) is 0 Å². The standard InChI is InChI=1S/C7H11ClN2O3S/c1-14(12,13)10-3-5(2-7(10)8)6(9)4-11/h2-3,6,11H,4,9H2,1H3. The first-order valence-electron chi connectivity index (χ1n) is 3.81. The van der Waals surface area contributed by atoms with Crippen molar-refractivity contribution in [2.45, 2.75) is 6.04 Å². The molecule has 0 aromatic carbocycles. The van der Waals surface area contributed by atoms with Gasteiger partial charge in [-0.05, 0) is 11.6 Å². The van der Waals surface area contributed by atoms with Gasteiger partial charge in [0.25, 0.3) is 0 Å². The maximum Gasteiger partial charge on any atom is 0.236 e. The normalized spacial score (nSPS) is 14.3. The van der Waals surface area contributed by atoms with Gasteiger partial charge in [-0.2, -0.15) is 0 Å². The smallest absolute Gasteiger partial charge is 0.236 e. The number of aliphatic hydroxyl groups is 1. The van der Waals surface area contributed by atoms with Gasteiger partial charge in [0, 0.05) is 6.20 Å². The lowest BCUT2D eigenvalue weighted by Crippen LogP contribution is -2.14. The van der Waals surface area contributed by atoms with Gasteiger partial charge in [-0.15, -0.1) is 0 Å². The summed E-state index contributed by atoms with van der Waals surface area (Å²) in [4.78, 5) is 0. The topological polar surface area (TPSA) is 85.3 Å². The SMILES string of the molecule is CS(=O)(=O)n1cc(C(N)CO)cc1Cl. The average Bonchev–Trinajstić information content (AvgIpc) is 2.45. The van der Waals surface area contributed by atoms with Gasteiger partial charge in [0.15, 0.2) is 0 Å². The fraction of sp³-hybridized carbons (Fsp3) is 0.429. The molecule has 3 N–H and O–H groups in total. The Morgan fingerprint density at radius 3 is 2.64 bits per heavy atom. The van der Waals surface area contributed by atoms with Crippen molar-refractivity contribution < 1.29 is 13.5 Å². The zero-order valence-electron chi connectivity index (χ0n) is 7.51. The summed E-state index contributed by atoms with van der Waals surface area (Å²) >= 11 is 5.68. The summed E-state index contributed by atoms with van der Waals surface area (Å²) in [5, 5.41) is 8.83. The minimum atomic E-state index is -3.41. The van der Waals surface area contributed by atoms with E-state index in [2.05, 4.69) is 0 Å². The molecule has 0 aliphatic heterocycles. The van der Waals surface area contributed by atoms with Gasteiger partial charge in [-0.1, -0.05) is 11.6 Å². The average molecular weight is 239 g/mol. The lowest BCUT2D eigenvalue weighted by atomic mass is 10.2. The van der Waals surface area contributed by atoms with E-state index in [-0.39, 0.29) is 11.8 Å². The molecule has 0 aliphatic rings. The molecule has 7 heteroatoms. The highest BCUT2D eigenvalue weighted by Gasteiger charge is 2.15. The third kappa shape index (κ3) is 2.27. The van der Waals surface area contributed by atoms with E-state index in [1.165, 1.54) is 12.3 Å². The van der Waals surface area contributed by atoms with Crippen LogP contribution in [0.3, 0.4) is 0 Å². The van der Waals surface area contributed by atoms with E-state index in [0.29, 0.717) is 5.56 Å². The second-order valence-electron chi connectivity index (χ2n) is 2.94. The quantitative estimate of drug-likeness (QED) is 0.773. The summed E-state index contributed by atoms with van der Waals surface area (Å²) in [6.07, 6.45) is 2.34. The molecule has 80 valence electrons. The molecule has 0 bridgehead atoms. The molecule has 0 amide bonds. The van der Waals surface area contributed by atoms with Crippen LogP contribution >= 0.6 is 11.6 Å². The first-order valence-corrected chi connectivity index (χ1v) is 6.03. The Balaban J connectivity index is 3.18. The molecular formula is C7H11ClN2O3S. The first-order chi connectivity index (χ1) is 6.36. The molecule has 0 saturated heterocycles. The molecule has 1 atom stereocenters. The van der Waals surface area contributed by atoms with Gasteiger partial charge in [0.2, 0.25) is 10.0 Å². The molecule has 1 aromatic rings. The highest BCUT2D eigenvalue weighted by atomic mass is 35.5. The minimum Gasteiger partial charge on any atom is -0.394 e. The van der Waals surface area contributed by atoms with E-state index >= 15 is 0 Å². The summed E-state index contributed by atoms with van der Waals surface area (Å²) in [6.45, 7) is -0.260. The maximum absolute atomic E-state index is 11.2. The summed E-state index contributed by atoms with van der Waals surface area (Å²) < 4.78 is 23.2. The van der Waals surface area contributed by atoms with Crippen molar-refractivity contribution in [2.75, 3.05) is 12.9 Å². The van der Waals surface area contributed by atoms with Gasteiger partial charge in [-0.3, -0.25) is 0 Å². The fourth-order valence-electron chi connectivity index (χ4n) is 0.998. The number of aliphatic hydroxyl groups excluding tert-OH is 1. The van der Waals surface area contributed by atoms with Crippen molar-refractivity contribution in [2.24, 2.45) is 5.73 Å². The Labute approximate surface area is 87.1 Å². The number of nitrogens with two attached hydrogens (primary N) is 1. The van der Waals surface area contributed by atoms with Crippen LogP contribution in [0.25, 0.3) is 0 Å². The Morgan fingerprint density at radius 1 is 1.71 bits per heavy atom. The van der Waals surface area contributed by atoms with Crippen molar-refractivity contribution in [1.29, 1.82) is 0 Å². The van der Waals surface area contributed by atoms with Crippen molar-refractivity contribution in [1.82, 2.24) is 3.97 Å². The number of nitrogens with zero attached hydrogens (tertiary/aromatic N) is 1. The van der Waals surface area contributed by atoms with Crippen molar-refractivity contribution in [3.8, 4) is 0 Å². The highest BCUT2D eigenvalue weighted by molar-refractivity contribution is 7.89. The fourth-order valence-corrected chi connectivity index (χ4v) is 2.23. The molecule has 0 spiro atoms. The van der Waals surface area contributed by atoms with E-state index in [1.807, 2.05) is 0 Å². The molecule has 1 aromatic heterocycles. The molecule has 1 heterocycles. The molecule has 14 heavy (non-hydrogen) atoms. The van der Waals surface area contributed by atoms with Gasteiger partial charge in [0.05, 0.1) is 18.9 Å². The summed E-state index contributed by atoms with van der Waals surface area (Å²) in [5.41, 5.74) is 5.99. The second-order valence-corrected chi connectivity index (χ2v) is 5.19. The zero-order valence-corrected chi connectivity index (χ0v) is 9.09. The van der Waals surface area contributed by atoms with Crippen LogP contribution in [0.5, 0.6) is 0 Å². The van der Waals surface area contributed by atoms with Crippen LogP contribution in [0.15, 0.2) is 12.3 Å². The van der Waals surface area contributed by atoms with Crippen LogP contribution in [-0.4, -0.2) is 30.4 Å². The minimum absolute atomic E-state index is 0.0615. The molecule has 0 radical (unpaired) electrons. The monoisotopic (exact) mass is 238 g/mol. The maximum atomic E-state index is 11.2. The number of hydrogen-bond acceptors (Lipinski definition) is 4. The lowest BCUT2D eigenvalue weighted by Gasteiger charge is -2.03. The largest absolute Gasteiger partial charge is 0.394 e. The molecule has 1 unspecified atom stereocenters. The summed E-state index contributed by atoms with van der Waals surface area (Å²) in [6, 6.07) is 0.805.